The Kier molecular flexibility index (Phi) is 7.84. The van der Waals surface area contributed by atoms with Gasteiger partial charge in [0, 0.05) is 30.9 Å². The highest BCUT2D eigenvalue weighted by atomic mass is 35.5. The van der Waals surface area contributed by atoms with E-state index < -0.39 is 11.8 Å². The molecule has 7 nitrogen and oxygen atoms in total. The third kappa shape index (κ3) is 6.49. The smallest absolute Gasteiger partial charge is 0.323 e. The first kappa shape index (κ1) is 24.5. The SMILES string of the molecule is Cc1ccc(CNC(=O)c2ccc(N3CCOCC3)c(NC(=O)Nc3ccc(F)c(Cl)c3)c2)cc1. The molecule has 0 atom stereocenters. The molecular formula is C26H26ClFN4O3. The van der Waals surface area contributed by atoms with Gasteiger partial charge >= 0.3 is 6.03 Å². The maximum Gasteiger partial charge on any atom is 0.323 e. The molecule has 0 unspecified atom stereocenters. The fourth-order valence-corrected chi connectivity index (χ4v) is 3.89. The number of halogens is 2. The van der Waals surface area contributed by atoms with E-state index in [1.807, 2.05) is 37.3 Å². The second-order valence-corrected chi connectivity index (χ2v) is 8.61. The predicted octanol–water partition coefficient (Wildman–Crippen LogP) is 5.20. The number of nitrogens with zero attached hydrogens (tertiary/aromatic N) is 1. The predicted molar refractivity (Wildman–Crippen MR) is 136 cm³/mol. The summed E-state index contributed by atoms with van der Waals surface area (Å²) in [5.74, 6) is -0.829. The highest BCUT2D eigenvalue weighted by molar-refractivity contribution is 6.31. The third-order valence-electron chi connectivity index (χ3n) is 5.61. The molecule has 3 aromatic carbocycles. The van der Waals surface area contributed by atoms with Gasteiger partial charge in [0.05, 0.1) is 29.6 Å². The van der Waals surface area contributed by atoms with Crippen molar-refractivity contribution in [1.82, 2.24) is 5.32 Å². The molecular weight excluding hydrogens is 471 g/mol. The molecule has 3 amide bonds. The first-order valence-corrected chi connectivity index (χ1v) is 11.6. The number of ether oxygens (including phenoxy) is 1. The van der Waals surface area contributed by atoms with Crippen molar-refractivity contribution in [3.05, 3.63) is 88.2 Å². The van der Waals surface area contributed by atoms with Gasteiger partial charge in [-0.25, -0.2) is 9.18 Å². The lowest BCUT2D eigenvalue weighted by molar-refractivity contribution is 0.0951. The maximum atomic E-state index is 13.4. The van der Waals surface area contributed by atoms with Crippen molar-refractivity contribution in [1.29, 1.82) is 0 Å². The van der Waals surface area contributed by atoms with Gasteiger partial charge in [-0.15, -0.1) is 0 Å². The summed E-state index contributed by atoms with van der Waals surface area (Å²) in [5.41, 5.74) is 4.14. The van der Waals surface area contributed by atoms with Crippen molar-refractivity contribution in [2.24, 2.45) is 0 Å². The summed E-state index contributed by atoms with van der Waals surface area (Å²) in [5, 5.41) is 8.28. The summed E-state index contributed by atoms with van der Waals surface area (Å²) >= 11 is 5.81. The Morgan fingerprint density at radius 3 is 2.46 bits per heavy atom. The summed E-state index contributed by atoms with van der Waals surface area (Å²) in [7, 11) is 0. The first-order valence-electron chi connectivity index (χ1n) is 11.2. The number of amides is 3. The molecule has 0 spiro atoms. The Bertz CT molecular complexity index is 1210. The van der Waals surface area contributed by atoms with Crippen LogP contribution < -0.4 is 20.9 Å². The fraction of sp³-hybridized carbons (Fsp3) is 0.231. The molecule has 1 aliphatic heterocycles. The van der Waals surface area contributed by atoms with E-state index in [0.717, 1.165) is 16.8 Å². The molecule has 1 heterocycles. The molecule has 4 rings (SSSR count). The number of urea groups is 1. The molecule has 0 radical (unpaired) electrons. The molecule has 0 bridgehead atoms. The lowest BCUT2D eigenvalue weighted by Crippen LogP contribution is -2.37. The van der Waals surface area contributed by atoms with Crippen LogP contribution in [0.1, 0.15) is 21.5 Å². The van der Waals surface area contributed by atoms with Crippen LogP contribution in [0.25, 0.3) is 0 Å². The monoisotopic (exact) mass is 496 g/mol. The topological polar surface area (TPSA) is 82.7 Å². The van der Waals surface area contributed by atoms with Crippen LogP contribution in [0, 0.1) is 12.7 Å². The van der Waals surface area contributed by atoms with Crippen molar-refractivity contribution >= 4 is 40.6 Å². The summed E-state index contributed by atoms with van der Waals surface area (Å²) in [4.78, 5) is 27.7. The standard InChI is InChI=1S/C26H26ClFN4O3/c1-17-2-4-18(5-3-17)16-29-25(33)19-6-9-24(32-10-12-35-13-11-32)23(14-19)31-26(34)30-20-7-8-22(28)21(27)15-20/h2-9,14-15H,10-13,16H2,1H3,(H,29,33)(H2,30,31,34). The van der Waals surface area contributed by atoms with Gasteiger partial charge in [0.25, 0.3) is 5.91 Å². The van der Waals surface area contributed by atoms with E-state index in [1.54, 1.807) is 12.1 Å². The van der Waals surface area contributed by atoms with E-state index in [0.29, 0.717) is 49.8 Å². The van der Waals surface area contributed by atoms with Gasteiger partial charge in [0.15, 0.2) is 0 Å². The number of morpholine rings is 1. The van der Waals surface area contributed by atoms with E-state index in [1.165, 1.54) is 18.2 Å². The van der Waals surface area contributed by atoms with E-state index in [2.05, 4.69) is 20.9 Å². The summed E-state index contributed by atoms with van der Waals surface area (Å²) in [6, 6.07) is 16.5. The zero-order valence-corrected chi connectivity index (χ0v) is 20.0. The minimum Gasteiger partial charge on any atom is -0.378 e. The quantitative estimate of drug-likeness (QED) is 0.438. The summed E-state index contributed by atoms with van der Waals surface area (Å²) < 4.78 is 18.9. The van der Waals surface area contributed by atoms with Gasteiger partial charge in [-0.3, -0.25) is 4.79 Å². The highest BCUT2D eigenvalue weighted by Crippen LogP contribution is 2.29. The maximum absolute atomic E-state index is 13.4. The average Bonchev–Trinajstić information content (AvgIpc) is 2.86. The van der Waals surface area contributed by atoms with Crippen molar-refractivity contribution in [3.8, 4) is 0 Å². The Morgan fingerprint density at radius 1 is 1.00 bits per heavy atom. The number of rotatable bonds is 6. The van der Waals surface area contributed by atoms with Crippen LogP contribution in [0.2, 0.25) is 5.02 Å². The van der Waals surface area contributed by atoms with Gasteiger partial charge in [0.2, 0.25) is 0 Å². The molecule has 35 heavy (non-hydrogen) atoms. The largest absolute Gasteiger partial charge is 0.378 e. The molecule has 0 aromatic heterocycles. The van der Waals surface area contributed by atoms with Crippen LogP contribution in [0.3, 0.4) is 0 Å². The zero-order chi connectivity index (χ0) is 24.8. The van der Waals surface area contributed by atoms with Crippen LogP contribution in [0.4, 0.5) is 26.2 Å². The normalized spacial score (nSPS) is 13.3. The van der Waals surface area contributed by atoms with Crippen molar-refractivity contribution in [3.63, 3.8) is 0 Å². The van der Waals surface area contributed by atoms with E-state index in [-0.39, 0.29) is 10.9 Å². The number of hydrogen-bond donors (Lipinski definition) is 3. The number of nitrogens with one attached hydrogen (secondary N) is 3. The van der Waals surface area contributed by atoms with Crippen LogP contribution in [0.15, 0.2) is 60.7 Å². The fourth-order valence-electron chi connectivity index (χ4n) is 3.71. The second-order valence-electron chi connectivity index (χ2n) is 8.21. The number of carbonyl (C=O) groups is 2. The minimum atomic E-state index is -0.573. The second kappa shape index (κ2) is 11.2. The van der Waals surface area contributed by atoms with Gasteiger partial charge in [0.1, 0.15) is 5.82 Å². The Morgan fingerprint density at radius 2 is 1.74 bits per heavy atom. The van der Waals surface area contributed by atoms with Crippen LogP contribution in [-0.4, -0.2) is 38.2 Å². The van der Waals surface area contributed by atoms with E-state index in [4.69, 9.17) is 16.3 Å². The van der Waals surface area contributed by atoms with E-state index in [9.17, 15) is 14.0 Å². The molecule has 1 fully saturated rings. The molecule has 3 N–H and O–H groups in total. The van der Waals surface area contributed by atoms with Crippen LogP contribution >= 0.6 is 11.6 Å². The summed E-state index contributed by atoms with van der Waals surface area (Å²) in [6.07, 6.45) is 0. The van der Waals surface area contributed by atoms with Gasteiger partial charge in [-0.1, -0.05) is 41.4 Å². The number of anilines is 3. The molecule has 3 aromatic rings. The Hall–Kier alpha value is -3.62. The number of aryl methyl sites for hydroxylation is 1. The van der Waals surface area contributed by atoms with Gasteiger partial charge < -0.3 is 25.6 Å². The Labute approximate surface area is 208 Å². The molecule has 9 heteroatoms. The molecule has 0 aliphatic carbocycles. The van der Waals surface area contributed by atoms with Crippen LogP contribution in [-0.2, 0) is 11.3 Å². The summed E-state index contributed by atoms with van der Waals surface area (Å²) in [6.45, 7) is 4.84. The average molecular weight is 497 g/mol. The Balaban J connectivity index is 1.51. The highest BCUT2D eigenvalue weighted by Gasteiger charge is 2.19. The number of benzene rings is 3. The zero-order valence-electron chi connectivity index (χ0n) is 19.2. The van der Waals surface area contributed by atoms with Crippen molar-refractivity contribution in [2.75, 3.05) is 41.8 Å². The van der Waals surface area contributed by atoms with Gasteiger partial charge in [-0.05, 0) is 48.9 Å². The first-order chi connectivity index (χ1) is 16.9. The van der Waals surface area contributed by atoms with Crippen LogP contribution in [0.5, 0.6) is 0 Å². The molecule has 182 valence electrons. The lowest BCUT2D eigenvalue weighted by atomic mass is 10.1. The van der Waals surface area contributed by atoms with Gasteiger partial charge in [-0.2, -0.15) is 0 Å². The minimum absolute atomic E-state index is 0.0935. The molecule has 0 saturated carbocycles. The molecule has 1 saturated heterocycles. The van der Waals surface area contributed by atoms with Crippen molar-refractivity contribution < 1.29 is 18.7 Å². The lowest BCUT2D eigenvalue weighted by Gasteiger charge is -2.30. The number of carbonyl (C=O) groups excluding carboxylic acids is 2. The number of hydrogen-bond acceptors (Lipinski definition) is 4. The third-order valence-corrected chi connectivity index (χ3v) is 5.90. The van der Waals surface area contributed by atoms with Crippen molar-refractivity contribution in [2.45, 2.75) is 13.5 Å². The molecule has 1 aliphatic rings. The van der Waals surface area contributed by atoms with E-state index >= 15 is 0 Å².